The molecule has 0 saturated carbocycles. The van der Waals surface area contributed by atoms with E-state index in [1.165, 1.54) is 11.2 Å². The summed E-state index contributed by atoms with van der Waals surface area (Å²) in [4.78, 5) is 18.3. The third-order valence-corrected chi connectivity index (χ3v) is 4.21. The van der Waals surface area contributed by atoms with Gasteiger partial charge in [0.2, 0.25) is 0 Å². The first-order chi connectivity index (χ1) is 14.9. The quantitative estimate of drug-likeness (QED) is 0.177. The van der Waals surface area contributed by atoms with E-state index in [-0.39, 0.29) is 12.1 Å². The molecule has 0 fully saturated rings. The fraction of sp³-hybridized carbons (Fsp3) is 0.375. The molecule has 1 aliphatic rings. The molecule has 0 unspecified atom stereocenters. The van der Waals surface area contributed by atoms with Crippen LogP contribution in [0.4, 0.5) is 4.79 Å². The lowest BCUT2D eigenvalue weighted by molar-refractivity contribution is 0.156. The number of allylic oxidation sites excluding steroid dienone is 5. The van der Waals surface area contributed by atoms with Crippen LogP contribution in [0.5, 0.6) is 0 Å². The Kier molecular flexibility index (Phi) is 14.4. The number of carbonyl (C=O) groups excluding carboxylic acids is 1. The van der Waals surface area contributed by atoms with Gasteiger partial charge in [0.05, 0.1) is 29.9 Å². The van der Waals surface area contributed by atoms with Gasteiger partial charge < -0.3 is 9.64 Å². The Labute approximate surface area is 192 Å². The second-order valence-corrected chi connectivity index (χ2v) is 6.89. The van der Waals surface area contributed by atoms with Crippen LogP contribution in [0.15, 0.2) is 82.3 Å². The highest BCUT2D eigenvalue weighted by atomic mass is 35.5. The van der Waals surface area contributed by atoms with Gasteiger partial charge in [0, 0.05) is 18.3 Å². The molecule has 0 spiro atoms. The fourth-order valence-electron chi connectivity index (χ4n) is 2.60. The predicted octanol–water partition coefficient (Wildman–Crippen LogP) is 6.07. The SMILES string of the molecule is C=C.C=N/C=C(Cl)\C(=C/C)C1=NN(C/C=C/C)C(=O)N(C/C=C\C(=C/C)OC(C)C)C1. The molecule has 170 valence electrons. The van der Waals surface area contributed by atoms with E-state index in [0.29, 0.717) is 30.4 Å². The summed E-state index contributed by atoms with van der Waals surface area (Å²) >= 11 is 6.33. The van der Waals surface area contributed by atoms with Crippen molar-refractivity contribution in [2.75, 3.05) is 19.6 Å². The van der Waals surface area contributed by atoms with Gasteiger partial charge in [-0.1, -0.05) is 35.9 Å². The minimum Gasteiger partial charge on any atom is -0.491 e. The maximum atomic E-state index is 12.8. The van der Waals surface area contributed by atoms with Crippen LogP contribution < -0.4 is 0 Å². The molecule has 0 aromatic rings. The van der Waals surface area contributed by atoms with Crippen molar-refractivity contribution in [3.63, 3.8) is 0 Å². The Morgan fingerprint density at radius 3 is 2.42 bits per heavy atom. The zero-order valence-electron chi connectivity index (χ0n) is 19.3. The van der Waals surface area contributed by atoms with E-state index < -0.39 is 0 Å². The van der Waals surface area contributed by atoms with E-state index in [1.54, 1.807) is 4.90 Å². The van der Waals surface area contributed by atoms with E-state index in [1.807, 2.05) is 71.1 Å². The highest BCUT2D eigenvalue weighted by molar-refractivity contribution is 6.36. The Hall–Kier alpha value is -2.86. The number of carbonyl (C=O) groups is 1. The molecule has 0 aromatic carbocycles. The smallest absolute Gasteiger partial charge is 0.341 e. The Bertz CT molecular complexity index is 776. The highest BCUT2D eigenvalue weighted by Crippen LogP contribution is 2.21. The maximum absolute atomic E-state index is 12.8. The van der Waals surface area contributed by atoms with Gasteiger partial charge in [-0.15, -0.1) is 13.2 Å². The first-order valence-electron chi connectivity index (χ1n) is 10.1. The number of hydrogen-bond acceptors (Lipinski definition) is 4. The molecule has 0 bridgehead atoms. The summed E-state index contributed by atoms with van der Waals surface area (Å²) in [5.74, 6) is 0.765. The standard InChI is InChI=1S/C22H31ClN4O2.C2H4/c1-7-10-14-27-22(28)26(13-11-12-18(8-2)29-17(4)5)16-21(25-27)19(9-3)20(23)15-24-6;1-2/h7-12,15,17H,6,13-14,16H2,1-5H3;1-2H2/b10-7+,12-11-,18-8+,19-9+,20-15+;. The normalized spacial score (nSPS) is 16.0. The molecule has 6 nitrogen and oxygen atoms in total. The van der Waals surface area contributed by atoms with Crippen molar-refractivity contribution < 1.29 is 9.53 Å². The molecule has 0 saturated heterocycles. The van der Waals surface area contributed by atoms with E-state index >= 15 is 0 Å². The molecular formula is C24H35ClN4O2. The van der Waals surface area contributed by atoms with E-state index in [9.17, 15) is 4.79 Å². The van der Waals surface area contributed by atoms with Crippen molar-refractivity contribution in [1.29, 1.82) is 0 Å². The number of rotatable bonds is 10. The second kappa shape index (κ2) is 15.9. The summed E-state index contributed by atoms with van der Waals surface area (Å²) in [6.07, 6.45) is 12.8. The maximum Gasteiger partial charge on any atom is 0.341 e. The topological polar surface area (TPSA) is 57.5 Å². The molecule has 7 heteroatoms. The van der Waals surface area contributed by atoms with Crippen LogP contribution in [-0.2, 0) is 4.74 Å². The fourth-order valence-corrected chi connectivity index (χ4v) is 2.89. The van der Waals surface area contributed by atoms with Crippen LogP contribution in [-0.4, -0.2) is 54.1 Å². The molecule has 1 rings (SSSR count). The molecule has 1 aliphatic heterocycles. The van der Waals surface area contributed by atoms with Gasteiger partial charge in [-0.25, -0.2) is 9.80 Å². The molecule has 31 heavy (non-hydrogen) atoms. The van der Waals surface area contributed by atoms with Gasteiger partial charge in [0.15, 0.2) is 0 Å². The van der Waals surface area contributed by atoms with Crippen molar-refractivity contribution in [2.24, 2.45) is 10.1 Å². The van der Waals surface area contributed by atoms with Crippen LogP contribution >= 0.6 is 11.6 Å². The summed E-state index contributed by atoms with van der Waals surface area (Å²) < 4.78 is 5.70. The van der Waals surface area contributed by atoms with Crippen LogP contribution in [0, 0.1) is 0 Å². The van der Waals surface area contributed by atoms with Crippen molar-refractivity contribution in [1.82, 2.24) is 9.91 Å². The number of halogens is 1. The van der Waals surface area contributed by atoms with Crippen LogP contribution in [0.2, 0.25) is 0 Å². The van der Waals surface area contributed by atoms with Crippen molar-refractivity contribution >= 4 is 30.1 Å². The van der Waals surface area contributed by atoms with Crippen LogP contribution in [0.25, 0.3) is 0 Å². The largest absolute Gasteiger partial charge is 0.491 e. The predicted molar refractivity (Wildman–Crippen MR) is 134 cm³/mol. The number of hydrogen-bond donors (Lipinski definition) is 0. The Morgan fingerprint density at radius 2 is 1.90 bits per heavy atom. The lowest BCUT2D eigenvalue weighted by Crippen LogP contribution is -2.48. The average Bonchev–Trinajstić information content (AvgIpc) is 2.75. The second-order valence-electron chi connectivity index (χ2n) is 6.48. The Balaban J connectivity index is 0.00000436. The first-order valence-corrected chi connectivity index (χ1v) is 10.5. The van der Waals surface area contributed by atoms with Crippen LogP contribution in [0.1, 0.15) is 34.6 Å². The third kappa shape index (κ3) is 9.66. The number of aliphatic imine (C=N–C) groups is 1. The summed E-state index contributed by atoms with van der Waals surface area (Å²) in [7, 11) is 0. The monoisotopic (exact) mass is 446 g/mol. The number of urea groups is 1. The van der Waals surface area contributed by atoms with Gasteiger partial charge in [-0.3, -0.25) is 4.99 Å². The molecule has 1 heterocycles. The van der Waals surface area contributed by atoms with Crippen molar-refractivity contribution in [2.45, 2.75) is 40.7 Å². The van der Waals surface area contributed by atoms with Crippen molar-refractivity contribution in [3.05, 3.63) is 72.2 Å². The van der Waals surface area contributed by atoms with Gasteiger partial charge in [-0.05, 0) is 53.5 Å². The van der Waals surface area contributed by atoms with Gasteiger partial charge in [0.25, 0.3) is 0 Å². The van der Waals surface area contributed by atoms with Crippen molar-refractivity contribution in [3.8, 4) is 0 Å². The zero-order valence-corrected chi connectivity index (χ0v) is 20.1. The Morgan fingerprint density at radius 1 is 1.23 bits per heavy atom. The molecule has 0 aromatic heterocycles. The van der Waals surface area contributed by atoms with Crippen LogP contribution in [0.3, 0.4) is 0 Å². The van der Waals surface area contributed by atoms with E-state index in [0.717, 1.165) is 11.3 Å². The molecule has 0 atom stereocenters. The molecule has 2 amide bonds. The lowest BCUT2D eigenvalue weighted by Gasteiger charge is -2.32. The van der Waals surface area contributed by atoms with Gasteiger partial charge in [0.1, 0.15) is 5.76 Å². The third-order valence-electron chi connectivity index (χ3n) is 3.91. The summed E-state index contributed by atoms with van der Waals surface area (Å²) in [5, 5.41) is 6.38. The number of amides is 2. The van der Waals surface area contributed by atoms with E-state index in [4.69, 9.17) is 16.3 Å². The highest BCUT2D eigenvalue weighted by Gasteiger charge is 2.28. The molecule has 0 aliphatic carbocycles. The zero-order chi connectivity index (χ0) is 23.8. The summed E-state index contributed by atoms with van der Waals surface area (Å²) in [6.45, 7) is 20.2. The van der Waals surface area contributed by atoms with Gasteiger partial charge >= 0.3 is 6.03 Å². The summed E-state index contributed by atoms with van der Waals surface area (Å²) in [6, 6.07) is -0.166. The molecule has 0 N–H and O–H groups in total. The minimum absolute atomic E-state index is 0.0853. The lowest BCUT2D eigenvalue weighted by atomic mass is 10.1. The number of hydrazone groups is 1. The van der Waals surface area contributed by atoms with Gasteiger partial charge in [-0.2, -0.15) is 5.10 Å². The number of nitrogens with zero attached hydrogens (tertiary/aromatic N) is 4. The minimum atomic E-state index is -0.166. The molecule has 0 radical (unpaired) electrons. The molecular weight excluding hydrogens is 412 g/mol. The van der Waals surface area contributed by atoms with E-state index in [2.05, 4.69) is 30.0 Å². The summed E-state index contributed by atoms with van der Waals surface area (Å²) in [5.41, 5.74) is 1.42. The first kappa shape index (κ1) is 28.1. The average molecular weight is 447 g/mol. The number of ether oxygens (including phenoxy) is 1.